The fourth-order valence-corrected chi connectivity index (χ4v) is 5.64. The molecule has 0 aliphatic heterocycles. The minimum atomic E-state index is -3.87. The Hall–Kier alpha value is -2.88. The fraction of sp³-hybridized carbons (Fsp3) is 0.333. The summed E-state index contributed by atoms with van der Waals surface area (Å²) < 4.78 is 27.8. The minimum Gasteiger partial charge on any atom is -0.354 e. The van der Waals surface area contributed by atoms with Crippen molar-refractivity contribution in [2.24, 2.45) is 0 Å². The van der Waals surface area contributed by atoms with Gasteiger partial charge in [0.1, 0.15) is 12.6 Å². The maximum atomic E-state index is 14.1. The van der Waals surface area contributed by atoms with Crippen molar-refractivity contribution in [3.63, 3.8) is 0 Å². The Balaban J connectivity index is 2.05. The van der Waals surface area contributed by atoms with Crippen LogP contribution in [-0.2, 0) is 32.6 Å². The second kappa shape index (κ2) is 14.7. The molecule has 0 saturated carbocycles. The molecule has 0 saturated heterocycles. The molecule has 2 amide bonds. The summed E-state index contributed by atoms with van der Waals surface area (Å²) in [5, 5.41) is 3.37. The number of halogens is 2. The predicted molar refractivity (Wildman–Crippen MR) is 165 cm³/mol. The van der Waals surface area contributed by atoms with Crippen molar-refractivity contribution in [2.45, 2.75) is 45.7 Å². The zero-order chi connectivity index (χ0) is 29.3. The molecule has 10 heteroatoms. The molecule has 0 heterocycles. The number of nitrogens with one attached hydrogen (secondary N) is 1. The van der Waals surface area contributed by atoms with Crippen LogP contribution in [0.3, 0.4) is 0 Å². The summed E-state index contributed by atoms with van der Waals surface area (Å²) in [4.78, 5) is 29.2. The van der Waals surface area contributed by atoms with Crippen molar-refractivity contribution in [1.29, 1.82) is 0 Å². The highest BCUT2D eigenvalue weighted by molar-refractivity contribution is 9.10. The lowest BCUT2D eigenvalue weighted by atomic mass is 10.0. The number of unbranched alkanes of at least 4 members (excludes halogenated alkanes) is 1. The highest BCUT2D eigenvalue weighted by Gasteiger charge is 2.33. The maximum absolute atomic E-state index is 14.1. The average molecular weight is 649 g/mol. The molecule has 0 unspecified atom stereocenters. The quantitative estimate of drug-likeness (QED) is 0.240. The van der Waals surface area contributed by atoms with Gasteiger partial charge >= 0.3 is 0 Å². The summed E-state index contributed by atoms with van der Waals surface area (Å²) in [5.74, 6) is -0.785. The van der Waals surface area contributed by atoms with E-state index in [4.69, 9.17) is 11.6 Å². The molecular formula is C30H35BrClN3O4S. The lowest BCUT2D eigenvalue weighted by molar-refractivity contribution is -0.140. The van der Waals surface area contributed by atoms with Gasteiger partial charge in [-0.2, -0.15) is 0 Å². The third-order valence-corrected chi connectivity index (χ3v) is 8.62. The number of anilines is 1. The van der Waals surface area contributed by atoms with Gasteiger partial charge in [-0.05, 0) is 54.3 Å². The Bertz CT molecular complexity index is 1400. The first-order valence-corrected chi connectivity index (χ1v) is 16.1. The van der Waals surface area contributed by atoms with E-state index in [0.717, 1.165) is 39.0 Å². The van der Waals surface area contributed by atoms with Crippen molar-refractivity contribution in [3.8, 4) is 0 Å². The summed E-state index contributed by atoms with van der Waals surface area (Å²) in [6.45, 7) is 3.87. The zero-order valence-corrected chi connectivity index (χ0v) is 26.1. The molecule has 0 radical (unpaired) electrons. The van der Waals surface area contributed by atoms with Crippen LogP contribution >= 0.6 is 27.5 Å². The molecule has 214 valence electrons. The van der Waals surface area contributed by atoms with E-state index in [1.54, 1.807) is 25.1 Å². The molecule has 0 fully saturated rings. The SMILES string of the molecule is CCCCNC(=O)[C@H](Cc1ccccc1)N(Cc1ccc(Br)cc1)C(=O)CN(c1cccc(Cl)c1C)S(C)(=O)=O. The molecule has 3 rings (SSSR count). The normalized spacial score (nSPS) is 12.0. The van der Waals surface area contributed by atoms with Crippen LogP contribution in [0.25, 0.3) is 0 Å². The van der Waals surface area contributed by atoms with Crippen molar-refractivity contribution in [2.75, 3.05) is 23.7 Å². The van der Waals surface area contributed by atoms with Gasteiger partial charge in [0, 0.05) is 29.0 Å². The van der Waals surface area contributed by atoms with Gasteiger partial charge in [-0.1, -0.05) is 89.4 Å². The number of rotatable bonds is 13. The monoisotopic (exact) mass is 647 g/mol. The highest BCUT2D eigenvalue weighted by Crippen LogP contribution is 2.28. The smallest absolute Gasteiger partial charge is 0.244 e. The lowest BCUT2D eigenvalue weighted by Gasteiger charge is -2.34. The first-order valence-electron chi connectivity index (χ1n) is 13.1. The number of hydrogen-bond acceptors (Lipinski definition) is 4. The number of sulfonamides is 1. The molecular weight excluding hydrogens is 614 g/mol. The largest absolute Gasteiger partial charge is 0.354 e. The van der Waals surface area contributed by atoms with Gasteiger partial charge < -0.3 is 10.2 Å². The molecule has 0 aliphatic carbocycles. The summed E-state index contributed by atoms with van der Waals surface area (Å²) in [5.41, 5.74) is 2.55. The highest BCUT2D eigenvalue weighted by atomic mass is 79.9. The number of nitrogens with zero attached hydrogens (tertiary/aromatic N) is 2. The van der Waals surface area contributed by atoms with Crippen LogP contribution in [0.5, 0.6) is 0 Å². The first kappa shape index (κ1) is 31.6. The van der Waals surface area contributed by atoms with Crippen molar-refractivity contribution in [3.05, 3.63) is 99.0 Å². The topological polar surface area (TPSA) is 86.8 Å². The first-order chi connectivity index (χ1) is 19.0. The lowest BCUT2D eigenvalue weighted by Crippen LogP contribution is -2.53. The van der Waals surface area contributed by atoms with Crippen LogP contribution in [-0.4, -0.2) is 50.5 Å². The molecule has 40 heavy (non-hydrogen) atoms. The van der Waals surface area contributed by atoms with Crippen molar-refractivity contribution >= 4 is 55.1 Å². The molecule has 0 bridgehead atoms. The number of benzene rings is 3. The van der Waals surface area contributed by atoms with Gasteiger partial charge in [0.05, 0.1) is 11.9 Å². The summed E-state index contributed by atoms with van der Waals surface area (Å²) >= 11 is 9.73. The molecule has 7 nitrogen and oxygen atoms in total. The molecule has 1 N–H and O–H groups in total. The van der Waals surface area contributed by atoms with Crippen LogP contribution < -0.4 is 9.62 Å². The van der Waals surface area contributed by atoms with Gasteiger partial charge in [-0.3, -0.25) is 13.9 Å². The van der Waals surface area contributed by atoms with Crippen LogP contribution in [0, 0.1) is 6.92 Å². The van der Waals surface area contributed by atoms with E-state index in [1.165, 1.54) is 4.90 Å². The van der Waals surface area contributed by atoms with Crippen LogP contribution in [0.4, 0.5) is 5.69 Å². The van der Waals surface area contributed by atoms with E-state index in [2.05, 4.69) is 21.2 Å². The third kappa shape index (κ3) is 8.81. The number of amides is 2. The van der Waals surface area contributed by atoms with Crippen LogP contribution in [0.1, 0.15) is 36.5 Å². The second-order valence-electron chi connectivity index (χ2n) is 9.65. The molecule has 1 atom stereocenters. The van der Waals surface area contributed by atoms with E-state index >= 15 is 0 Å². The number of carbonyl (C=O) groups excluding carboxylic acids is 2. The van der Waals surface area contributed by atoms with Gasteiger partial charge in [0.25, 0.3) is 0 Å². The van der Waals surface area contributed by atoms with Gasteiger partial charge in [-0.15, -0.1) is 0 Å². The van der Waals surface area contributed by atoms with Gasteiger partial charge in [-0.25, -0.2) is 8.42 Å². The van der Waals surface area contributed by atoms with Crippen molar-refractivity contribution in [1.82, 2.24) is 10.2 Å². The summed E-state index contributed by atoms with van der Waals surface area (Å²) in [6, 6.07) is 21.0. The predicted octanol–water partition coefficient (Wildman–Crippen LogP) is 5.73. The van der Waals surface area contributed by atoms with Gasteiger partial charge in [0.2, 0.25) is 21.8 Å². The summed E-state index contributed by atoms with van der Waals surface area (Å²) in [6.07, 6.45) is 3.04. The van der Waals surface area contributed by atoms with E-state index in [1.807, 2.05) is 61.5 Å². The Kier molecular flexibility index (Phi) is 11.6. The fourth-order valence-electron chi connectivity index (χ4n) is 4.31. The van der Waals surface area contributed by atoms with Gasteiger partial charge in [0.15, 0.2) is 0 Å². The number of hydrogen-bond donors (Lipinski definition) is 1. The summed E-state index contributed by atoms with van der Waals surface area (Å²) in [7, 11) is -3.87. The van der Waals surface area contributed by atoms with Crippen molar-refractivity contribution < 1.29 is 18.0 Å². The Morgan fingerprint density at radius 1 is 0.975 bits per heavy atom. The zero-order valence-electron chi connectivity index (χ0n) is 22.9. The van der Waals surface area contributed by atoms with E-state index in [-0.39, 0.29) is 18.9 Å². The standard InChI is InChI=1S/C30H35BrClN3O4S/c1-4-5-18-33-30(37)28(19-23-10-7-6-8-11-23)34(20-24-14-16-25(31)17-15-24)29(36)21-35(40(3,38)39)27-13-9-12-26(32)22(27)2/h6-17,28H,4-5,18-21H2,1-3H3,(H,33,37)/t28-/m0/s1. The molecule has 0 aromatic heterocycles. The minimum absolute atomic E-state index is 0.122. The van der Waals surface area contributed by atoms with E-state index in [0.29, 0.717) is 22.8 Å². The average Bonchev–Trinajstić information content (AvgIpc) is 2.92. The maximum Gasteiger partial charge on any atom is 0.244 e. The Labute approximate surface area is 250 Å². The molecule has 3 aromatic carbocycles. The molecule has 0 spiro atoms. The Morgan fingerprint density at radius 2 is 1.65 bits per heavy atom. The van der Waals surface area contributed by atoms with E-state index in [9.17, 15) is 18.0 Å². The Morgan fingerprint density at radius 3 is 2.27 bits per heavy atom. The second-order valence-corrected chi connectivity index (χ2v) is 12.9. The van der Waals surface area contributed by atoms with E-state index < -0.39 is 28.5 Å². The molecule has 3 aromatic rings. The number of carbonyl (C=O) groups is 2. The third-order valence-electron chi connectivity index (χ3n) is 6.55. The van der Waals surface area contributed by atoms with Crippen LogP contribution in [0.15, 0.2) is 77.3 Å². The van der Waals surface area contributed by atoms with Crippen LogP contribution in [0.2, 0.25) is 5.02 Å². The molecule has 0 aliphatic rings.